The number of aromatic nitrogens is 3. The van der Waals surface area contributed by atoms with Crippen LogP contribution in [0.25, 0.3) is 10.2 Å². The zero-order valence-electron chi connectivity index (χ0n) is 20.9. The lowest BCUT2D eigenvalue weighted by Crippen LogP contribution is -2.42. The van der Waals surface area contributed by atoms with Gasteiger partial charge in [-0.3, -0.25) is 4.79 Å². The van der Waals surface area contributed by atoms with Gasteiger partial charge in [0, 0.05) is 24.8 Å². The molecule has 4 rings (SSSR count). The third kappa shape index (κ3) is 6.25. The molecule has 1 aliphatic rings. The van der Waals surface area contributed by atoms with E-state index in [0.29, 0.717) is 15.9 Å². The fraction of sp³-hybridized carbons (Fsp3) is 0.520. The Morgan fingerprint density at radius 3 is 2.53 bits per heavy atom. The number of hydrogen-bond acceptors (Lipinski definition) is 8. The Morgan fingerprint density at radius 2 is 1.86 bits per heavy atom. The topological polar surface area (TPSA) is 112 Å². The van der Waals surface area contributed by atoms with E-state index in [1.54, 1.807) is 11.6 Å². The average molecular weight is 519 g/mol. The van der Waals surface area contributed by atoms with Crippen LogP contribution in [-0.4, -0.2) is 49.8 Å². The molecule has 8 nitrogen and oxygen atoms in total. The van der Waals surface area contributed by atoms with Crippen LogP contribution >= 0.6 is 11.3 Å². The summed E-state index contributed by atoms with van der Waals surface area (Å²) in [5, 5.41) is 19.2. The van der Waals surface area contributed by atoms with Gasteiger partial charge in [0.25, 0.3) is 5.91 Å². The van der Waals surface area contributed by atoms with Gasteiger partial charge in [0.2, 0.25) is 0 Å². The van der Waals surface area contributed by atoms with Crippen molar-refractivity contribution in [3.8, 4) is 0 Å². The minimum atomic E-state index is -1.52. The van der Waals surface area contributed by atoms with E-state index < -0.39 is 17.1 Å². The second-order valence-corrected chi connectivity index (χ2v) is 11.3. The number of amides is 1. The number of halogens is 2. The Morgan fingerprint density at radius 1 is 1.14 bits per heavy atom. The zero-order chi connectivity index (χ0) is 26.1. The van der Waals surface area contributed by atoms with Crippen LogP contribution in [0.5, 0.6) is 0 Å². The molecule has 0 aliphatic heterocycles. The first-order valence-corrected chi connectivity index (χ1v) is 12.9. The van der Waals surface area contributed by atoms with Gasteiger partial charge in [-0.15, -0.1) is 11.3 Å². The van der Waals surface area contributed by atoms with E-state index in [4.69, 9.17) is 0 Å². The molecule has 1 amide bonds. The second kappa shape index (κ2) is 10.2. The Hall–Kier alpha value is -2.92. The quantitative estimate of drug-likeness (QED) is 0.325. The lowest BCUT2D eigenvalue weighted by molar-refractivity contribution is -0.00257. The third-order valence-electron chi connectivity index (χ3n) is 6.47. The molecule has 3 aromatic rings. The van der Waals surface area contributed by atoms with Crippen LogP contribution in [0.4, 0.5) is 26.1 Å². The number of aliphatic hydroxyl groups is 1. The molecule has 36 heavy (non-hydrogen) atoms. The van der Waals surface area contributed by atoms with E-state index in [2.05, 4.69) is 30.9 Å². The molecular formula is C25H32F2N6O2S. The van der Waals surface area contributed by atoms with Gasteiger partial charge in [-0.1, -0.05) is 0 Å². The SMILES string of the molecule is CC(C)(F)CNc1cc(Nc2ncc3ncsc3c2F)ncc1C(=O)NC1CCC(C(C)(C)O)CC1. The molecule has 0 atom stereocenters. The van der Waals surface area contributed by atoms with Crippen LogP contribution in [0.3, 0.4) is 0 Å². The monoisotopic (exact) mass is 518 g/mol. The summed E-state index contributed by atoms with van der Waals surface area (Å²) in [4.78, 5) is 25.6. The molecule has 11 heteroatoms. The van der Waals surface area contributed by atoms with Crippen molar-refractivity contribution in [2.75, 3.05) is 17.2 Å². The number of alkyl halides is 1. The molecule has 0 spiro atoms. The number of nitrogens with one attached hydrogen (secondary N) is 3. The van der Waals surface area contributed by atoms with Crippen LogP contribution in [0.1, 0.15) is 63.7 Å². The maximum atomic E-state index is 14.8. The first-order chi connectivity index (χ1) is 16.9. The van der Waals surface area contributed by atoms with Crippen molar-refractivity contribution in [2.45, 2.75) is 70.7 Å². The van der Waals surface area contributed by atoms with Crippen LogP contribution in [0.15, 0.2) is 24.0 Å². The number of carbonyl (C=O) groups excluding carboxylic acids is 1. The molecule has 194 valence electrons. The molecule has 1 fully saturated rings. The van der Waals surface area contributed by atoms with Gasteiger partial charge in [-0.05, 0) is 59.3 Å². The van der Waals surface area contributed by atoms with Gasteiger partial charge in [0.1, 0.15) is 17.0 Å². The molecule has 1 aliphatic carbocycles. The molecule has 4 N–H and O–H groups in total. The maximum absolute atomic E-state index is 14.8. The predicted molar refractivity (Wildman–Crippen MR) is 138 cm³/mol. The van der Waals surface area contributed by atoms with Crippen molar-refractivity contribution in [3.05, 3.63) is 35.4 Å². The standard InChI is InChI=1S/C25H32F2N6O2S/c1-24(2,27)12-30-17-9-19(33-22-20(26)21-18(11-29-22)31-13-36-21)28-10-16(17)23(34)32-15-7-5-14(6-8-15)25(3,4)35/h9-11,13-15,35H,5-8,12H2,1-4H3,(H,32,34)(H2,28,29,30,33). The van der Waals surface area contributed by atoms with Gasteiger partial charge in [-0.25, -0.2) is 23.7 Å². The van der Waals surface area contributed by atoms with Gasteiger partial charge in [-0.2, -0.15) is 0 Å². The summed E-state index contributed by atoms with van der Waals surface area (Å²) >= 11 is 1.17. The number of hydrogen-bond donors (Lipinski definition) is 4. The zero-order valence-corrected chi connectivity index (χ0v) is 21.7. The maximum Gasteiger partial charge on any atom is 0.255 e. The van der Waals surface area contributed by atoms with Crippen molar-refractivity contribution in [1.29, 1.82) is 0 Å². The normalized spacial score (nSPS) is 18.8. The first-order valence-electron chi connectivity index (χ1n) is 12.0. The number of anilines is 3. The average Bonchev–Trinajstić information content (AvgIpc) is 3.29. The fourth-order valence-corrected chi connectivity index (χ4v) is 5.07. The van der Waals surface area contributed by atoms with Crippen LogP contribution in [-0.2, 0) is 0 Å². The number of carbonyl (C=O) groups is 1. The summed E-state index contributed by atoms with van der Waals surface area (Å²) in [7, 11) is 0. The summed E-state index contributed by atoms with van der Waals surface area (Å²) in [5.41, 5.74) is 0.387. The Balaban J connectivity index is 1.52. The summed E-state index contributed by atoms with van der Waals surface area (Å²) in [5.74, 6) is -0.432. The van der Waals surface area contributed by atoms with Crippen molar-refractivity contribution < 1.29 is 18.7 Å². The predicted octanol–water partition coefficient (Wildman–Crippen LogP) is 5.19. The van der Waals surface area contributed by atoms with E-state index in [1.807, 2.05) is 13.8 Å². The molecule has 0 saturated heterocycles. The second-order valence-electron chi connectivity index (χ2n) is 10.5. The molecule has 3 aromatic heterocycles. The Kier molecular flexibility index (Phi) is 7.42. The van der Waals surface area contributed by atoms with Gasteiger partial charge >= 0.3 is 0 Å². The highest BCUT2D eigenvalue weighted by Crippen LogP contribution is 2.33. The molecule has 0 aromatic carbocycles. The summed E-state index contributed by atoms with van der Waals surface area (Å²) in [6, 6.07) is 1.52. The van der Waals surface area contributed by atoms with E-state index >= 15 is 0 Å². The van der Waals surface area contributed by atoms with Gasteiger partial charge < -0.3 is 21.1 Å². The van der Waals surface area contributed by atoms with E-state index in [9.17, 15) is 18.7 Å². The lowest BCUT2D eigenvalue weighted by Gasteiger charge is -2.36. The Labute approximate surface area is 213 Å². The highest BCUT2D eigenvalue weighted by Gasteiger charge is 2.32. The van der Waals surface area contributed by atoms with E-state index in [1.165, 1.54) is 37.6 Å². The molecule has 1 saturated carbocycles. The van der Waals surface area contributed by atoms with Crippen LogP contribution < -0.4 is 16.0 Å². The number of thiazole rings is 1. The van der Waals surface area contributed by atoms with Gasteiger partial charge in [0.15, 0.2) is 11.6 Å². The third-order valence-corrected chi connectivity index (χ3v) is 7.31. The molecule has 0 radical (unpaired) electrons. The molecular weight excluding hydrogens is 486 g/mol. The number of fused-ring (bicyclic) bond motifs is 1. The van der Waals surface area contributed by atoms with Crippen molar-refractivity contribution in [2.24, 2.45) is 5.92 Å². The summed E-state index contributed by atoms with van der Waals surface area (Å²) in [6.07, 6.45) is 6.02. The first kappa shape index (κ1) is 26.2. The molecule has 0 unspecified atom stereocenters. The minimum Gasteiger partial charge on any atom is -0.390 e. The summed E-state index contributed by atoms with van der Waals surface area (Å²) < 4.78 is 29.5. The van der Waals surface area contributed by atoms with Crippen molar-refractivity contribution in [3.63, 3.8) is 0 Å². The fourth-order valence-electron chi connectivity index (χ4n) is 4.37. The smallest absolute Gasteiger partial charge is 0.255 e. The largest absolute Gasteiger partial charge is 0.390 e. The van der Waals surface area contributed by atoms with E-state index in [0.717, 1.165) is 25.7 Å². The summed E-state index contributed by atoms with van der Waals surface area (Å²) in [6.45, 7) is 6.47. The number of rotatable bonds is 8. The lowest BCUT2D eigenvalue weighted by atomic mass is 9.77. The number of pyridine rings is 2. The Bertz CT molecular complexity index is 1230. The van der Waals surface area contributed by atoms with Crippen LogP contribution in [0.2, 0.25) is 0 Å². The highest BCUT2D eigenvalue weighted by molar-refractivity contribution is 7.16. The molecule has 3 heterocycles. The van der Waals surface area contributed by atoms with Crippen molar-refractivity contribution >= 4 is 44.8 Å². The molecule has 0 bridgehead atoms. The van der Waals surface area contributed by atoms with E-state index in [-0.39, 0.29) is 41.6 Å². The minimum absolute atomic E-state index is 0.0169. The van der Waals surface area contributed by atoms with Crippen LogP contribution in [0, 0.1) is 11.7 Å². The number of nitrogens with zero attached hydrogens (tertiary/aromatic N) is 3. The van der Waals surface area contributed by atoms with Crippen molar-refractivity contribution in [1.82, 2.24) is 20.3 Å². The highest BCUT2D eigenvalue weighted by atomic mass is 32.1. The van der Waals surface area contributed by atoms with Gasteiger partial charge in [0.05, 0.1) is 33.3 Å².